The quantitative estimate of drug-likeness (QED) is 0.379. The number of benzene rings is 2. The number of rotatable bonds is 7. The summed E-state index contributed by atoms with van der Waals surface area (Å²) in [6.45, 7) is 0.162. The van der Waals surface area contributed by atoms with E-state index in [1.54, 1.807) is 43.7 Å². The zero-order valence-electron chi connectivity index (χ0n) is 15.8. The van der Waals surface area contributed by atoms with Crippen molar-refractivity contribution in [3.63, 3.8) is 0 Å². The molecule has 1 saturated heterocycles. The second-order valence-corrected chi connectivity index (χ2v) is 7.46. The fourth-order valence-electron chi connectivity index (χ4n) is 2.60. The Morgan fingerprint density at radius 2 is 2.03 bits per heavy atom. The van der Waals surface area contributed by atoms with Gasteiger partial charge in [-0.1, -0.05) is 36.1 Å². The summed E-state index contributed by atoms with van der Waals surface area (Å²) in [6.07, 6.45) is 1.56. The van der Waals surface area contributed by atoms with Crippen LogP contribution in [0.1, 0.15) is 21.5 Å². The number of thioether (sulfide) groups is 1. The van der Waals surface area contributed by atoms with Gasteiger partial charge in [0, 0.05) is 5.56 Å². The van der Waals surface area contributed by atoms with Gasteiger partial charge in [-0.15, -0.1) is 0 Å². The molecule has 1 amide bonds. The summed E-state index contributed by atoms with van der Waals surface area (Å²) in [4.78, 5) is 23.7. The largest absolute Gasteiger partial charge is 0.496 e. The summed E-state index contributed by atoms with van der Waals surface area (Å²) in [5, 5.41) is 5.39. The number of hydrogen-bond acceptors (Lipinski definition) is 8. The van der Waals surface area contributed by atoms with Gasteiger partial charge >= 0.3 is 5.97 Å². The first-order chi connectivity index (χ1) is 14.0. The third-order valence-electron chi connectivity index (χ3n) is 4.03. The Hall–Kier alpha value is -2.91. The normalized spacial score (nSPS) is 13.8. The zero-order valence-corrected chi connectivity index (χ0v) is 17.4. The number of carbonyl (C=O) groups excluding carboxylic acids is 2. The highest BCUT2D eigenvalue weighted by Crippen LogP contribution is 2.25. The standard InChI is InChI=1S/C20H18N2O5S2/c1-25-16-8-7-13(10-21-22-18(23)12-29-20(22)28)9-14(16)11-27-17-6-4-3-5-15(17)19(24)26-2/h3-10H,11-12H2,1-2H3. The van der Waals surface area contributed by atoms with Crippen molar-refractivity contribution in [1.82, 2.24) is 5.01 Å². The molecule has 1 aliphatic rings. The summed E-state index contributed by atoms with van der Waals surface area (Å²) < 4.78 is 16.5. The summed E-state index contributed by atoms with van der Waals surface area (Å²) in [7, 11) is 2.88. The number of thiocarbonyl (C=S) groups is 1. The molecule has 2 aromatic rings. The molecule has 0 atom stereocenters. The van der Waals surface area contributed by atoms with Gasteiger partial charge in [0.05, 0.1) is 26.2 Å². The molecule has 0 bridgehead atoms. The number of carbonyl (C=O) groups is 2. The highest BCUT2D eigenvalue weighted by molar-refractivity contribution is 8.23. The van der Waals surface area contributed by atoms with E-state index in [9.17, 15) is 9.59 Å². The van der Waals surface area contributed by atoms with Gasteiger partial charge < -0.3 is 14.2 Å². The van der Waals surface area contributed by atoms with Crippen LogP contribution in [-0.2, 0) is 16.1 Å². The summed E-state index contributed by atoms with van der Waals surface area (Å²) in [5.41, 5.74) is 1.84. The van der Waals surface area contributed by atoms with E-state index in [1.165, 1.54) is 23.9 Å². The molecule has 0 spiro atoms. The molecule has 9 heteroatoms. The minimum Gasteiger partial charge on any atom is -0.496 e. The van der Waals surface area contributed by atoms with Crippen LogP contribution in [0, 0.1) is 0 Å². The maximum absolute atomic E-state index is 11.9. The molecule has 2 aromatic carbocycles. The van der Waals surface area contributed by atoms with Crippen LogP contribution < -0.4 is 9.47 Å². The first-order valence-electron chi connectivity index (χ1n) is 8.54. The first-order valence-corrected chi connectivity index (χ1v) is 9.93. The maximum atomic E-state index is 11.9. The number of hydrazone groups is 1. The Kier molecular flexibility index (Phi) is 6.84. The van der Waals surface area contributed by atoms with Crippen LogP contribution in [0.5, 0.6) is 11.5 Å². The average molecular weight is 431 g/mol. The van der Waals surface area contributed by atoms with Crippen LogP contribution >= 0.6 is 24.0 Å². The minimum absolute atomic E-state index is 0.146. The maximum Gasteiger partial charge on any atom is 0.341 e. The van der Waals surface area contributed by atoms with Gasteiger partial charge in [0.25, 0.3) is 5.91 Å². The van der Waals surface area contributed by atoms with Crippen molar-refractivity contribution in [3.05, 3.63) is 59.2 Å². The van der Waals surface area contributed by atoms with Crippen molar-refractivity contribution in [2.75, 3.05) is 20.0 Å². The fraction of sp³-hybridized carbons (Fsp3) is 0.200. The summed E-state index contributed by atoms with van der Waals surface area (Å²) >= 11 is 6.40. The molecule has 0 aliphatic carbocycles. The molecule has 3 rings (SSSR count). The van der Waals surface area contributed by atoms with Crippen LogP contribution in [0.2, 0.25) is 0 Å². The van der Waals surface area contributed by atoms with Crippen molar-refractivity contribution < 1.29 is 23.8 Å². The third kappa shape index (κ3) is 4.93. The molecular formula is C20H18N2O5S2. The van der Waals surface area contributed by atoms with Gasteiger partial charge in [-0.3, -0.25) is 4.79 Å². The second kappa shape index (κ2) is 9.53. The first kappa shape index (κ1) is 20.8. The van der Waals surface area contributed by atoms with Gasteiger partial charge in [-0.25, -0.2) is 4.79 Å². The Balaban J connectivity index is 1.79. The molecule has 0 N–H and O–H groups in total. The highest BCUT2D eigenvalue weighted by atomic mass is 32.2. The lowest BCUT2D eigenvalue weighted by Crippen LogP contribution is -2.22. The topological polar surface area (TPSA) is 77.4 Å². The smallest absolute Gasteiger partial charge is 0.341 e. The number of methoxy groups -OCH3 is 2. The molecule has 0 saturated carbocycles. The zero-order chi connectivity index (χ0) is 20.8. The van der Waals surface area contributed by atoms with E-state index >= 15 is 0 Å². The van der Waals surface area contributed by atoms with Crippen molar-refractivity contribution in [1.29, 1.82) is 0 Å². The Morgan fingerprint density at radius 3 is 2.72 bits per heavy atom. The monoisotopic (exact) mass is 430 g/mol. The number of esters is 1. The van der Waals surface area contributed by atoms with Crippen LogP contribution in [0.4, 0.5) is 0 Å². The Morgan fingerprint density at radius 1 is 1.24 bits per heavy atom. The fourth-order valence-corrected chi connectivity index (χ4v) is 3.57. The van der Waals surface area contributed by atoms with Crippen LogP contribution in [-0.4, -0.2) is 47.4 Å². The highest BCUT2D eigenvalue weighted by Gasteiger charge is 2.26. The predicted octanol–water partition coefficient (Wildman–Crippen LogP) is 3.26. The van der Waals surface area contributed by atoms with Gasteiger partial charge in [0.1, 0.15) is 23.7 Å². The molecule has 0 radical (unpaired) electrons. The SMILES string of the molecule is COC(=O)c1ccccc1OCc1cc(C=NN2C(=O)CSC2=S)ccc1OC. The molecule has 7 nitrogen and oxygen atoms in total. The molecule has 0 unspecified atom stereocenters. The van der Waals surface area contributed by atoms with E-state index in [2.05, 4.69) is 5.10 Å². The van der Waals surface area contributed by atoms with Crippen molar-refractivity contribution in [3.8, 4) is 11.5 Å². The number of hydrogen-bond donors (Lipinski definition) is 0. The molecule has 1 heterocycles. The van der Waals surface area contributed by atoms with Gasteiger partial charge in [0.15, 0.2) is 4.32 Å². The van der Waals surface area contributed by atoms with Gasteiger partial charge in [-0.05, 0) is 35.9 Å². The molecule has 0 aromatic heterocycles. The Bertz CT molecular complexity index is 961. The van der Waals surface area contributed by atoms with E-state index in [0.717, 1.165) is 11.1 Å². The van der Waals surface area contributed by atoms with Gasteiger partial charge in [0.2, 0.25) is 0 Å². The number of para-hydroxylation sites is 1. The molecule has 150 valence electrons. The Labute approximate surface area is 177 Å². The van der Waals surface area contributed by atoms with E-state index < -0.39 is 5.97 Å². The minimum atomic E-state index is -0.474. The predicted molar refractivity (Wildman–Crippen MR) is 115 cm³/mol. The number of nitrogens with zero attached hydrogens (tertiary/aromatic N) is 2. The van der Waals surface area contributed by atoms with Crippen LogP contribution in [0.25, 0.3) is 0 Å². The molecule has 1 fully saturated rings. The number of ether oxygens (including phenoxy) is 3. The van der Waals surface area contributed by atoms with E-state index in [4.69, 9.17) is 26.4 Å². The lowest BCUT2D eigenvalue weighted by Gasteiger charge is -2.13. The lowest BCUT2D eigenvalue weighted by atomic mass is 10.1. The van der Waals surface area contributed by atoms with Crippen molar-refractivity contribution in [2.45, 2.75) is 6.61 Å². The summed E-state index contributed by atoms with van der Waals surface area (Å²) in [6, 6.07) is 12.3. The molecule has 1 aliphatic heterocycles. The van der Waals surface area contributed by atoms with Crippen LogP contribution in [0.3, 0.4) is 0 Å². The lowest BCUT2D eigenvalue weighted by molar-refractivity contribution is -0.124. The summed E-state index contributed by atoms with van der Waals surface area (Å²) in [5.74, 6) is 0.717. The third-order valence-corrected chi connectivity index (χ3v) is 5.37. The van der Waals surface area contributed by atoms with E-state index in [0.29, 0.717) is 27.1 Å². The second-order valence-electron chi connectivity index (χ2n) is 5.85. The molecular weight excluding hydrogens is 412 g/mol. The van der Waals surface area contributed by atoms with Gasteiger partial charge in [-0.2, -0.15) is 10.1 Å². The van der Waals surface area contributed by atoms with E-state index in [1.807, 2.05) is 12.1 Å². The van der Waals surface area contributed by atoms with Crippen molar-refractivity contribution in [2.24, 2.45) is 5.10 Å². The van der Waals surface area contributed by atoms with E-state index in [-0.39, 0.29) is 12.5 Å². The van der Waals surface area contributed by atoms with Crippen LogP contribution in [0.15, 0.2) is 47.6 Å². The number of amides is 1. The average Bonchev–Trinajstić information content (AvgIpc) is 3.07. The van der Waals surface area contributed by atoms with Crippen molar-refractivity contribution >= 4 is 46.4 Å². The molecule has 29 heavy (non-hydrogen) atoms.